The van der Waals surface area contributed by atoms with E-state index in [1.54, 1.807) is 12.1 Å². The zero-order valence-corrected chi connectivity index (χ0v) is 15.2. The minimum absolute atomic E-state index is 0.00831. The maximum atomic E-state index is 12.4. The summed E-state index contributed by atoms with van der Waals surface area (Å²) in [7, 11) is 0. The van der Waals surface area contributed by atoms with E-state index in [9.17, 15) is 14.4 Å². The molecule has 1 heterocycles. The van der Waals surface area contributed by atoms with Gasteiger partial charge >= 0.3 is 0 Å². The normalized spacial score (nSPS) is 16.1. The van der Waals surface area contributed by atoms with E-state index >= 15 is 0 Å². The molecular weight excluding hydrogens is 350 g/mol. The Morgan fingerprint density at radius 2 is 2.12 bits per heavy atom. The first-order chi connectivity index (χ1) is 11.4. The molecule has 1 aromatic rings. The zero-order valence-electron chi connectivity index (χ0n) is 13.6. The van der Waals surface area contributed by atoms with Gasteiger partial charge in [0.2, 0.25) is 17.7 Å². The van der Waals surface area contributed by atoms with E-state index in [0.717, 1.165) is 4.90 Å². The van der Waals surface area contributed by atoms with E-state index < -0.39 is 5.25 Å². The first-order valence-electron chi connectivity index (χ1n) is 7.76. The van der Waals surface area contributed by atoms with Crippen molar-refractivity contribution in [3.63, 3.8) is 0 Å². The number of likely N-dealkylation sites (N-methyl/N-ethyl adjacent to an activating group) is 2. The van der Waals surface area contributed by atoms with Crippen LogP contribution in [0.1, 0.15) is 20.3 Å². The lowest BCUT2D eigenvalue weighted by Gasteiger charge is -2.26. The molecule has 2 rings (SSSR count). The molecule has 1 aliphatic heterocycles. The molecule has 6 nitrogen and oxygen atoms in total. The lowest BCUT2D eigenvalue weighted by Crippen LogP contribution is -2.42. The van der Waals surface area contributed by atoms with Gasteiger partial charge in [0.15, 0.2) is 0 Å². The van der Waals surface area contributed by atoms with Crippen molar-refractivity contribution in [3.8, 4) is 0 Å². The quantitative estimate of drug-likeness (QED) is 0.805. The highest BCUT2D eigenvalue weighted by molar-refractivity contribution is 8.01. The van der Waals surface area contributed by atoms with Crippen molar-refractivity contribution in [2.75, 3.05) is 25.0 Å². The first kappa shape index (κ1) is 18.6. The van der Waals surface area contributed by atoms with E-state index in [4.69, 9.17) is 11.6 Å². The second-order valence-corrected chi connectivity index (χ2v) is 6.98. The molecule has 0 fully saturated rings. The summed E-state index contributed by atoms with van der Waals surface area (Å²) in [6.45, 7) is 4.57. The van der Waals surface area contributed by atoms with E-state index in [-0.39, 0.29) is 30.7 Å². The van der Waals surface area contributed by atoms with Crippen LogP contribution in [0.2, 0.25) is 5.02 Å². The Bertz CT molecular complexity index is 653. The van der Waals surface area contributed by atoms with Gasteiger partial charge in [-0.05, 0) is 32.0 Å². The molecule has 2 N–H and O–H groups in total. The largest absolute Gasteiger partial charge is 0.355 e. The zero-order chi connectivity index (χ0) is 17.7. The minimum atomic E-state index is -0.519. The van der Waals surface area contributed by atoms with Gasteiger partial charge in [-0.25, -0.2) is 0 Å². The van der Waals surface area contributed by atoms with Crippen LogP contribution in [0.5, 0.6) is 0 Å². The van der Waals surface area contributed by atoms with E-state index in [2.05, 4.69) is 10.6 Å². The number of carbonyl (C=O) groups is 3. The molecule has 8 heteroatoms. The molecule has 1 aromatic carbocycles. The third-order valence-electron chi connectivity index (χ3n) is 3.56. The summed E-state index contributed by atoms with van der Waals surface area (Å²) >= 11 is 7.26. The average molecular weight is 370 g/mol. The van der Waals surface area contributed by atoms with Crippen molar-refractivity contribution >= 4 is 46.8 Å². The van der Waals surface area contributed by atoms with Gasteiger partial charge in [-0.15, -0.1) is 11.8 Å². The van der Waals surface area contributed by atoms with Crippen LogP contribution in [0.4, 0.5) is 5.69 Å². The average Bonchev–Trinajstić information content (AvgIpc) is 2.53. The number of hydrogen-bond acceptors (Lipinski definition) is 4. The topological polar surface area (TPSA) is 78.5 Å². The molecule has 0 saturated carbocycles. The Kier molecular flexibility index (Phi) is 6.51. The van der Waals surface area contributed by atoms with Gasteiger partial charge in [0.1, 0.15) is 0 Å². The standard InChI is InChI=1S/C16H20ClN3O3S/c1-3-18-14(21)9-20(4-2)15(22)8-13-16(23)19-11-7-10(17)5-6-12(11)24-13/h5-7,13H,3-4,8-9H2,1-2H3,(H,18,21)(H,19,23)/t13-/m1/s1. The highest BCUT2D eigenvalue weighted by Gasteiger charge is 2.30. The van der Waals surface area contributed by atoms with Gasteiger partial charge in [0.05, 0.1) is 17.5 Å². The van der Waals surface area contributed by atoms with Crippen LogP contribution in [0.3, 0.4) is 0 Å². The molecule has 130 valence electrons. The van der Waals surface area contributed by atoms with Crippen LogP contribution in [-0.4, -0.2) is 47.5 Å². The van der Waals surface area contributed by atoms with E-state index in [1.165, 1.54) is 16.7 Å². The fourth-order valence-corrected chi connectivity index (χ4v) is 3.60. The molecule has 24 heavy (non-hydrogen) atoms. The second kappa shape index (κ2) is 8.39. The molecule has 0 saturated heterocycles. The Hall–Kier alpha value is -1.73. The Morgan fingerprint density at radius 1 is 1.38 bits per heavy atom. The van der Waals surface area contributed by atoms with Crippen LogP contribution < -0.4 is 10.6 Å². The Labute approximate surface area is 150 Å². The van der Waals surface area contributed by atoms with Crippen LogP contribution in [-0.2, 0) is 14.4 Å². The summed E-state index contributed by atoms with van der Waals surface area (Å²) in [6.07, 6.45) is 0.0474. The van der Waals surface area contributed by atoms with Crippen LogP contribution in [0.25, 0.3) is 0 Å². The lowest BCUT2D eigenvalue weighted by atomic mass is 10.2. The predicted octanol–water partition coefficient (Wildman–Crippen LogP) is 2.13. The number of benzene rings is 1. The van der Waals surface area contributed by atoms with Crippen LogP contribution in [0, 0.1) is 0 Å². The fourth-order valence-electron chi connectivity index (χ4n) is 2.35. The summed E-state index contributed by atoms with van der Waals surface area (Å²) in [6, 6.07) is 5.26. The number of halogens is 1. The summed E-state index contributed by atoms with van der Waals surface area (Å²) in [5.74, 6) is -0.639. The third kappa shape index (κ3) is 4.64. The summed E-state index contributed by atoms with van der Waals surface area (Å²) in [4.78, 5) is 38.6. The van der Waals surface area contributed by atoms with Crippen molar-refractivity contribution in [1.29, 1.82) is 0 Å². The highest BCUT2D eigenvalue weighted by Crippen LogP contribution is 2.38. The summed E-state index contributed by atoms with van der Waals surface area (Å²) < 4.78 is 0. The number of thioether (sulfide) groups is 1. The van der Waals surface area contributed by atoms with Crippen molar-refractivity contribution in [1.82, 2.24) is 10.2 Å². The van der Waals surface area contributed by atoms with Gasteiger partial charge in [-0.3, -0.25) is 14.4 Å². The van der Waals surface area contributed by atoms with Gasteiger partial charge in [0, 0.05) is 29.4 Å². The maximum Gasteiger partial charge on any atom is 0.239 e. The molecule has 3 amide bonds. The molecule has 0 bridgehead atoms. The van der Waals surface area contributed by atoms with Crippen molar-refractivity contribution < 1.29 is 14.4 Å². The number of hydrogen-bond donors (Lipinski definition) is 2. The summed E-state index contributed by atoms with van der Waals surface area (Å²) in [5.41, 5.74) is 0.663. The number of rotatable bonds is 6. The van der Waals surface area contributed by atoms with Crippen molar-refractivity contribution in [3.05, 3.63) is 23.2 Å². The highest BCUT2D eigenvalue weighted by atomic mass is 35.5. The molecule has 1 aliphatic rings. The molecular formula is C16H20ClN3O3S. The molecule has 0 aromatic heterocycles. The number of nitrogens with zero attached hydrogens (tertiary/aromatic N) is 1. The SMILES string of the molecule is CCNC(=O)CN(CC)C(=O)C[C@H]1Sc2ccc(Cl)cc2NC1=O. The molecule has 0 radical (unpaired) electrons. The van der Waals surface area contributed by atoms with Gasteiger partial charge in [-0.1, -0.05) is 11.6 Å². The first-order valence-corrected chi connectivity index (χ1v) is 9.01. The smallest absolute Gasteiger partial charge is 0.239 e. The fraction of sp³-hybridized carbons (Fsp3) is 0.438. The number of fused-ring (bicyclic) bond motifs is 1. The molecule has 0 unspecified atom stereocenters. The molecule has 0 aliphatic carbocycles. The summed E-state index contributed by atoms with van der Waals surface area (Å²) in [5, 5.41) is 5.47. The Balaban J connectivity index is 2.01. The van der Waals surface area contributed by atoms with Gasteiger partial charge in [0.25, 0.3) is 0 Å². The van der Waals surface area contributed by atoms with Gasteiger partial charge < -0.3 is 15.5 Å². The van der Waals surface area contributed by atoms with E-state index in [1.807, 2.05) is 19.9 Å². The maximum absolute atomic E-state index is 12.4. The van der Waals surface area contributed by atoms with Crippen LogP contribution in [0.15, 0.2) is 23.1 Å². The van der Waals surface area contributed by atoms with Gasteiger partial charge in [-0.2, -0.15) is 0 Å². The third-order valence-corrected chi connectivity index (χ3v) is 5.07. The lowest BCUT2D eigenvalue weighted by molar-refractivity contribution is -0.136. The Morgan fingerprint density at radius 3 is 2.79 bits per heavy atom. The number of carbonyl (C=O) groups excluding carboxylic acids is 3. The predicted molar refractivity (Wildman–Crippen MR) is 95.3 cm³/mol. The van der Waals surface area contributed by atoms with Crippen molar-refractivity contribution in [2.24, 2.45) is 0 Å². The number of amides is 3. The number of anilines is 1. The second-order valence-electron chi connectivity index (χ2n) is 5.30. The molecule has 0 spiro atoms. The monoisotopic (exact) mass is 369 g/mol. The molecule has 1 atom stereocenters. The minimum Gasteiger partial charge on any atom is -0.355 e. The van der Waals surface area contributed by atoms with E-state index in [0.29, 0.717) is 23.8 Å². The number of nitrogens with one attached hydrogen (secondary N) is 2. The van der Waals surface area contributed by atoms with Crippen molar-refractivity contribution in [2.45, 2.75) is 30.4 Å². The van der Waals surface area contributed by atoms with Crippen LogP contribution >= 0.6 is 23.4 Å².